The molecule has 0 bridgehead atoms. The van der Waals surface area contributed by atoms with E-state index in [-0.39, 0.29) is 23.4 Å². The Labute approximate surface area is 217 Å². The van der Waals surface area contributed by atoms with Crippen LogP contribution in [0.3, 0.4) is 0 Å². The highest BCUT2D eigenvalue weighted by molar-refractivity contribution is 5.84. The first-order chi connectivity index (χ1) is 18.1. The van der Waals surface area contributed by atoms with Gasteiger partial charge in [-0.25, -0.2) is 14.0 Å². The lowest BCUT2D eigenvalue weighted by atomic mass is 9.79. The fraction of sp³-hybridized carbons (Fsp3) is 0.300. The van der Waals surface area contributed by atoms with E-state index in [9.17, 15) is 9.59 Å². The van der Waals surface area contributed by atoms with Crippen molar-refractivity contribution in [1.29, 1.82) is 0 Å². The van der Waals surface area contributed by atoms with Crippen molar-refractivity contribution in [3.63, 3.8) is 0 Å². The van der Waals surface area contributed by atoms with Crippen LogP contribution >= 0.6 is 0 Å². The number of aryl methyl sites for hydroxylation is 1. The second-order valence-electron chi connectivity index (χ2n) is 9.53. The zero-order chi connectivity index (χ0) is 25.6. The Balaban J connectivity index is 1.26. The molecule has 1 unspecified atom stereocenters. The van der Waals surface area contributed by atoms with Crippen LogP contribution in [0.4, 0.5) is 5.69 Å². The summed E-state index contributed by atoms with van der Waals surface area (Å²) in [5, 5.41) is 7.32. The summed E-state index contributed by atoms with van der Waals surface area (Å²) in [6.45, 7) is 4.75. The number of hydrogen-bond acceptors (Lipinski definition) is 4. The number of carbonyl (C=O) groups is 1. The second-order valence-corrected chi connectivity index (χ2v) is 9.53. The largest absolute Gasteiger partial charge is 0.372 e. The number of carbonyl (C=O) groups excluding carboxylic acids is 1. The van der Waals surface area contributed by atoms with Gasteiger partial charge in [-0.1, -0.05) is 60.7 Å². The third kappa shape index (κ3) is 5.50. The first-order valence-corrected chi connectivity index (χ1v) is 13.0. The van der Waals surface area contributed by atoms with Gasteiger partial charge in [-0.2, -0.15) is 5.10 Å². The van der Waals surface area contributed by atoms with E-state index in [2.05, 4.69) is 39.6 Å². The van der Waals surface area contributed by atoms with Gasteiger partial charge < -0.3 is 10.2 Å². The zero-order valence-electron chi connectivity index (χ0n) is 21.2. The standard InChI is InChI=1S/C30H33N5O2/c1-2-35-30(37)34(22-32-35)27-15-13-26(14-16-27)33-19-17-25(18-20-33)28(24-11-7-4-8-12-24)29(36)31-21-23-9-5-3-6-10-23/h3-16,22,25,28H,2,17-21H2,1H3,(H,31,36). The van der Waals surface area contributed by atoms with Crippen molar-refractivity contribution >= 4 is 11.6 Å². The highest BCUT2D eigenvalue weighted by Gasteiger charge is 2.32. The van der Waals surface area contributed by atoms with Crippen LogP contribution in [0.2, 0.25) is 0 Å². The van der Waals surface area contributed by atoms with E-state index in [0.717, 1.165) is 48.4 Å². The first-order valence-electron chi connectivity index (χ1n) is 13.0. The predicted octanol–water partition coefficient (Wildman–Crippen LogP) is 4.37. The number of amides is 1. The van der Waals surface area contributed by atoms with E-state index < -0.39 is 0 Å². The normalized spacial score (nSPS) is 14.9. The molecule has 0 spiro atoms. The molecule has 1 saturated heterocycles. The van der Waals surface area contributed by atoms with E-state index in [0.29, 0.717) is 13.1 Å². The lowest BCUT2D eigenvalue weighted by molar-refractivity contribution is -0.124. The quantitative estimate of drug-likeness (QED) is 0.394. The molecule has 1 aliphatic rings. The number of nitrogens with one attached hydrogen (secondary N) is 1. The molecule has 1 fully saturated rings. The number of benzene rings is 3. The van der Waals surface area contributed by atoms with Crippen molar-refractivity contribution in [2.24, 2.45) is 5.92 Å². The van der Waals surface area contributed by atoms with Crippen LogP contribution in [-0.2, 0) is 17.9 Å². The summed E-state index contributed by atoms with van der Waals surface area (Å²) in [4.78, 5) is 28.2. The van der Waals surface area contributed by atoms with Gasteiger partial charge in [0.05, 0.1) is 11.6 Å². The van der Waals surface area contributed by atoms with Gasteiger partial charge in [0.15, 0.2) is 0 Å². The molecule has 37 heavy (non-hydrogen) atoms. The maximum Gasteiger partial charge on any atom is 0.350 e. The monoisotopic (exact) mass is 495 g/mol. The Morgan fingerprint density at radius 2 is 1.54 bits per heavy atom. The van der Waals surface area contributed by atoms with Gasteiger partial charge in [-0.15, -0.1) is 0 Å². The minimum absolute atomic E-state index is 0.0934. The van der Waals surface area contributed by atoms with Crippen molar-refractivity contribution < 1.29 is 4.79 Å². The summed E-state index contributed by atoms with van der Waals surface area (Å²) in [5.41, 5.74) is 3.98. The molecule has 7 heteroatoms. The van der Waals surface area contributed by atoms with Gasteiger partial charge in [-0.3, -0.25) is 4.79 Å². The highest BCUT2D eigenvalue weighted by Crippen LogP contribution is 2.34. The highest BCUT2D eigenvalue weighted by atomic mass is 16.2. The number of piperidine rings is 1. The number of nitrogens with zero attached hydrogens (tertiary/aromatic N) is 4. The fourth-order valence-corrected chi connectivity index (χ4v) is 5.24. The second kappa shape index (κ2) is 11.3. The molecule has 1 aromatic heterocycles. The summed E-state index contributed by atoms with van der Waals surface area (Å²) in [5.74, 6) is 0.194. The summed E-state index contributed by atoms with van der Waals surface area (Å²) in [6.07, 6.45) is 3.44. The molecular weight excluding hydrogens is 462 g/mol. The number of hydrogen-bond donors (Lipinski definition) is 1. The van der Waals surface area contributed by atoms with Crippen molar-refractivity contribution in [1.82, 2.24) is 19.7 Å². The molecule has 5 rings (SSSR count). The number of rotatable bonds is 8. The molecule has 2 heterocycles. The van der Waals surface area contributed by atoms with E-state index in [1.165, 1.54) is 4.68 Å². The topological polar surface area (TPSA) is 72.2 Å². The van der Waals surface area contributed by atoms with Crippen LogP contribution in [0.25, 0.3) is 5.69 Å². The minimum Gasteiger partial charge on any atom is -0.372 e. The van der Waals surface area contributed by atoms with E-state index in [1.807, 2.05) is 67.6 Å². The molecule has 190 valence electrons. The third-order valence-electron chi connectivity index (χ3n) is 7.29. The lowest BCUT2D eigenvalue weighted by Gasteiger charge is -2.37. The van der Waals surface area contributed by atoms with Crippen LogP contribution in [0.5, 0.6) is 0 Å². The molecule has 4 aromatic rings. The minimum atomic E-state index is -0.170. The molecule has 1 amide bonds. The van der Waals surface area contributed by atoms with Crippen LogP contribution in [0.1, 0.15) is 36.8 Å². The Morgan fingerprint density at radius 1 is 0.919 bits per heavy atom. The summed E-state index contributed by atoms with van der Waals surface area (Å²) < 4.78 is 3.01. The van der Waals surface area contributed by atoms with Crippen LogP contribution in [0.15, 0.2) is 96.1 Å². The molecule has 0 radical (unpaired) electrons. The third-order valence-corrected chi connectivity index (χ3v) is 7.29. The molecule has 7 nitrogen and oxygen atoms in total. The molecule has 3 aromatic carbocycles. The van der Waals surface area contributed by atoms with Crippen molar-refractivity contribution in [2.45, 2.75) is 38.8 Å². The van der Waals surface area contributed by atoms with Gasteiger partial charge >= 0.3 is 5.69 Å². The summed E-state index contributed by atoms with van der Waals surface area (Å²) in [7, 11) is 0. The maximum absolute atomic E-state index is 13.4. The van der Waals surface area contributed by atoms with E-state index >= 15 is 0 Å². The van der Waals surface area contributed by atoms with Gasteiger partial charge in [0.25, 0.3) is 0 Å². The molecular formula is C30H33N5O2. The van der Waals surface area contributed by atoms with Crippen molar-refractivity contribution in [2.75, 3.05) is 18.0 Å². The molecule has 1 N–H and O–H groups in total. The molecule has 0 saturated carbocycles. The smallest absolute Gasteiger partial charge is 0.350 e. The van der Waals surface area contributed by atoms with E-state index in [1.54, 1.807) is 10.9 Å². The Morgan fingerprint density at radius 3 is 2.16 bits per heavy atom. The van der Waals surface area contributed by atoms with Crippen molar-refractivity contribution in [3.8, 4) is 5.69 Å². The maximum atomic E-state index is 13.4. The van der Waals surface area contributed by atoms with Crippen LogP contribution < -0.4 is 15.9 Å². The molecule has 1 aliphatic heterocycles. The Bertz CT molecular complexity index is 1350. The fourth-order valence-electron chi connectivity index (χ4n) is 5.24. The van der Waals surface area contributed by atoms with Gasteiger partial charge in [0.2, 0.25) is 5.91 Å². The van der Waals surface area contributed by atoms with Crippen LogP contribution in [0, 0.1) is 5.92 Å². The predicted molar refractivity (Wildman–Crippen MR) is 146 cm³/mol. The SMILES string of the molecule is CCn1ncn(-c2ccc(N3CCC(C(C(=O)NCc4ccccc4)c4ccccc4)CC3)cc2)c1=O. The average molecular weight is 496 g/mol. The Kier molecular flexibility index (Phi) is 7.49. The summed E-state index contributed by atoms with van der Waals surface area (Å²) >= 11 is 0. The van der Waals surface area contributed by atoms with Crippen molar-refractivity contribution in [3.05, 3.63) is 113 Å². The first kappa shape index (κ1) is 24.6. The summed E-state index contributed by atoms with van der Waals surface area (Å²) in [6, 6.07) is 28.3. The van der Waals surface area contributed by atoms with Crippen LogP contribution in [-0.4, -0.2) is 33.3 Å². The van der Waals surface area contributed by atoms with Gasteiger partial charge in [0.1, 0.15) is 6.33 Å². The lowest BCUT2D eigenvalue weighted by Crippen LogP contribution is -2.40. The van der Waals surface area contributed by atoms with Gasteiger partial charge in [0, 0.05) is 31.9 Å². The average Bonchev–Trinajstić information content (AvgIpc) is 3.34. The Hall–Kier alpha value is -4.13. The number of aromatic nitrogens is 3. The molecule has 1 atom stereocenters. The van der Waals surface area contributed by atoms with E-state index in [4.69, 9.17) is 0 Å². The zero-order valence-corrected chi connectivity index (χ0v) is 21.2. The number of anilines is 1. The van der Waals surface area contributed by atoms with Gasteiger partial charge in [-0.05, 0) is 61.1 Å². The molecule has 0 aliphatic carbocycles.